The van der Waals surface area contributed by atoms with Gasteiger partial charge in [-0.05, 0) is 288 Å². The Bertz CT molecular complexity index is 3850. The molecule has 0 radical (unpaired) electrons. The van der Waals surface area contributed by atoms with Gasteiger partial charge in [0, 0.05) is 108 Å². The van der Waals surface area contributed by atoms with E-state index < -0.39 is 0 Å². The molecule has 0 saturated carbocycles. The molecule has 4 aromatic carbocycles. The number of rotatable bonds is 38. The lowest BCUT2D eigenvalue weighted by Gasteiger charge is -2.22. The van der Waals surface area contributed by atoms with Gasteiger partial charge in [-0.2, -0.15) is 0 Å². The predicted octanol–water partition coefficient (Wildman–Crippen LogP) is 12.8. The number of fused-ring (bicyclic) bond motifs is 8. The van der Waals surface area contributed by atoms with Crippen LogP contribution in [-0.2, 0) is 9.59 Å². The number of hydrogen-bond acceptors (Lipinski definition) is 12. The first-order valence-electron chi connectivity index (χ1n) is 36.5. The number of amides is 4. The molecule has 18 nitrogen and oxygen atoms in total. The van der Waals surface area contributed by atoms with Crippen molar-refractivity contribution in [1.29, 1.82) is 0 Å². The van der Waals surface area contributed by atoms with Gasteiger partial charge in [-0.15, -0.1) is 0 Å². The van der Waals surface area contributed by atoms with Crippen molar-refractivity contribution < 1.29 is 19.2 Å². The fourth-order valence-electron chi connectivity index (χ4n) is 13.9. The zero-order valence-corrected chi connectivity index (χ0v) is 60.1. The van der Waals surface area contributed by atoms with Gasteiger partial charge in [0.05, 0.1) is 22.8 Å². The van der Waals surface area contributed by atoms with Crippen molar-refractivity contribution in [3.05, 3.63) is 164 Å². The van der Waals surface area contributed by atoms with E-state index >= 15 is 0 Å². The Kier molecular flexibility index (Phi) is 28.7. The van der Waals surface area contributed by atoms with Gasteiger partial charge >= 0.3 is 0 Å². The van der Waals surface area contributed by atoms with Crippen LogP contribution in [-0.4, -0.2) is 145 Å². The van der Waals surface area contributed by atoms with E-state index in [4.69, 9.17) is 32.9 Å². The molecule has 3 aromatic heterocycles. The molecule has 0 saturated heterocycles. The highest BCUT2D eigenvalue weighted by atomic mass is 16.2. The quantitative estimate of drug-likeness (QED) is 0.0162. The topological polar surface area (TPSA) is 284 Å². The van der Waals surface area contributed by atoms with Crippen LogP contribution in [0.15, 0.2) is 97.1 Å². The van der Waals surface area contributed by atoms with Gasteiger partial charge in [0.2, 0.25) is 11.8 Å². The Labute approximate surface area is 592 Å². The summed E-state index contributed by atoms with van der Waals surface area (Å²) in [7, 11) is 0. The Hall–Kier alpha value is -8.88. The Morgan fingerprint density at radius 1 is 0.360 bits per heavy atom. The van der Waals surface area contributed by atoms with Crippen LogP contribution in [0.1, 0.15) is 167 Å². The SMILES string of the molecule is Cc1cc(C)c(-c2c3nc(c(-c4ccc(C(=O)NCCCCC(=O)N(CCCN)CCCCNCCCN)cc4)c4ccc([nH]4)c(-c4c(C)cc(C)cc4C)c4nc(c(-c5ccc(C(=O)NCCCCC(=O)N(CCCN)CCCCNCCCN)cc5)c5ccc2[nH]5)C=C4)C=C3)c(C)c1. The molecule has 0 atom stereocenters. The van der Waals surface area contributed by atoms with Gasteiger partial charge in [-0.25, -0.2) is 9.97 Å². The normalized spacial score (nSPS) is 11.8. The van der Waals surface area contributed by atoms with E-state index in [1.54, 1.807) is 0 Å². The fourth-order valence-corrected chi connectivity index (χ4v) is 13.9. The van der Waals surface area contributed by atoms with Crippen LogP contribution >= 0.6 is 0 Å². The van der Waals surface area contributed by atoms with E-state index in [1.807, 2.05) is 58.3 Å². The molecule has 5 heterocycles. The molecule has 2 aliphatic rings. The maximum Gasteiger partial charge on any atom is 0.251 e. The Morgan fingerprint density at radius 2 is 0.670 bits per heavy atom. The van der Waals surface area contributed by atoms with E-state index in [2.05, 4.69) is 146 Å². The van der Waals surface area contributed by atoms with E-state index in [0.717, 1.165) is 189 Å². The van der Waals surface area contributed by atoms with Crippen molar-refractivity contribution in [2.45, 2.75) is 131 Å². The van der Waals surface area contributed by atoms with Crippen molar-refractivity contribution in [2.75, 3.05) is 91.6 Å². The number of hydrogen-bond donors (Lipinski definition) is 10. The number of unbranched alkanes of at least 4 members (excludes halogenated alkanes) is 4. The summed E-state index contributed by atoms with van der Waals surface area (Å²) in [6, 6.07) is 32.9. The molecular weight excluding hydrogens is 1240 g/mol. The fraction of sp³-hybridized carbons (Fsp3) is 0.415. The summed E-state index contributed by atoms with van der Waals surface area (Å²) in [6.07, 6.45) is 19.2. The highest BCUT2D eigenvalue weighted by Crippen LogP contribution is 2.41. The van der Waals surface area contributed by atoms with E-state index in [9.17, 15) is 19.2 Å². The summed E-state index contributed by atoms with van der Waals surface area (Å²) in [6.45, 7) is 22.5. The Balaban J connectivity index is 1.03. The maximum absolute atomic E-state index is 13.8. The first-order valence-corrected chi connectivity index (χ1v) is 36.5. The summed E-state index contributed by atoms with van der Waals surface area (Å²) in [5.41, 5.74) is 44.8. The molecule has 9 rings (SSSR count). The first kappa shape index (κ1) is 75.3. The number of aromatic nitrogens is 4. The standard InChI is InChI=1S/C82H108N14O4/c1-55-51-57(3)75(58(4)52-55)79-69-33-29-65(91-69)77(61-21-25-63(26-22-61)81(99)89-45-9-7-19-73(97)95(49-17-39-85)47-13-11-41-87-43-15-37-83)67-31-35-71(93-67)80(76-59(5)53-56(2)54-60(76)6)72-36-32-68(94-72)78(66-30-34-70(79)92-66)62-23-27-64(28-24-62)82(100)90-46-10-8-20-74(98)96(50-18-40-86)48-14-12-42-88-44-16-38-84/h21-36,51-54,87-88,91,94H,7-20,37-50,83-86H2,1-6H3,(H,89,99)(H,90,100). The number of aryl methyl sites for hydroxylation is 6. The van der Waals surface area contributed by atoms with Crippen molar-refractivity contribution in [3.8, 4) is 44.5 Å². The Morgan fingerprint density at radius 3 is 1.02 bits per heavy atom. The first-order chi connectivity index (χ1) is 48.6. The van der Waals surface area contributed by atoms with Crippen LogP contribution < -0.4 is 44.2 Å². The third-order valence-electron chi connectivity index (χ3n) is 18.8. The van der Waals surface area contributed by atoms with E-state index in [-0.39, 0.29) is 23.6 Å². The van der Waals surface area contributed by atoms with Gasteiger partial charge in [0.15, 0.2) is 0 Å². The highest BCUT2D eigenvalue weighted by Gasteiger charge is 2.23. The van der Waals surface area contributed by atoms with Crippen molar-refractivity contribution >= 4 is 70.0 Å². The number of benzene rings is 4. The number of aromatic amines is 2. The molecule has 4 amide bonds. The van der Waals surface area contributed by atoms with Crippen LogP contribution in [0.2, 0.25) is 0 Å². The van der Waals surface area contributed by atoms with E-state index in [0.29, 0.717) is 115 Å². The largest absolute Gasteiger partial charge is 0.354 e. The number of nitrogens with zero attached hydrogens (tertiary/aromatic N) is 4. The molecule has 18 heteroatoms. The minimum Gasteiger partial charge on any atom is -0.354 e. The van der Waals surface area contributed by atoms with Gasteiger partial charge in [0.25, 0.3) is 11.8 Å². The summed E-state index contributed by atoms with van der Waals surface area (Å²) >= 11 is 0. The zero-order valence-electron chi connectivity index (χ0n) is 60.1. The van der Waals surface area contributed by atoms with Crippen LogP contribution in [0.25, 0.3) is 90.9 Å². The molecule has 0 unspecified atom stereocenters. The van der Waals surface area contributed by atoms with Gasteiger partial charge in [0.1, 0.15) is 0 Å². The lowest BCUT2D eigenvalue weighted by atomic mass is 9.92. The second-order valence-corrected chi connectivity index (χ2v) is 26.9. The van der Waals surface area contributed by atoms with Gasteiger partial charge < -0.3 is 64.0 Å². The average Bonchev–Trinajstić information content (AvgIpc) is 1.58. The number of nitrogens with one attached hydrogen (secondary N) is 6. The van der Waals surface area contributed by atoms with Crippen molar-refractivity contribution in [1.82, 2.24) is 51.0 Å². The molecule has 0 spiro atoms. The molecule has 100 heavy (non-hydrogen) atoms. The average molecular weight is 1350 g/mol. The van der Waals surface area contributed by atoms with Crippen LogP contribution in [0.4, 0.5) is 0 Å². The second-order valence-electron chi connectivity index (χ2n) is 26.9. The summed E-state index contributed by atoms with van der Waals surface area (Å²) in [5.74, 6) is -0.0985. The van der Waals surface area contributed by atoms with Gasteiger partial charge in [-0.3, -0.25) is 19.2 Å². The molecule has 7 aromatic rings. The third kappa shape index (κ3) is 20.2. The molecule has 0 fully saturated rings. The van der Waals surface area contributed by atoms with Crippen LogP contribution in [0.5, 0.6) is 0 Å². The smallest absolute Gasteiger partial charge is 0.251 e. The van der Waals surface area contributed by atoms with Crippen LogP contribution in [0.3, 0.4) is 0 Å². The molecule has 8 bridgehead atoms. The van der Waals surface area contributed by atoms with Gasteiger partial charge in [-0.1, -0.05) is 59.7 Å². The molecule has 2 aliphatic heterocycles. The molecule has 530 valence electrons. The molecule has 14 N–H and O–H groups in total. The highest BCUT2D eigenvalue weighted by molar-refractivity contribution is 6.02. The number of carbonyl (C=O) groups is 4. The summed E-state index contributed by atoms with van der Waals surface area (Å²) < 4.78 is 0. The maximum atomic E-state index is 13.8. The predicted molar refractivity (Wildman–Crippen MR) is 413 cm³/mol. The van der Waals surface area contributed by atoms with E-state index in [1.165, 1.54) is 11.1 Å². The molecular formula is C82H108N14O4. The number of carbonyl (C=O) groups excluding carboxylic acids is 4. The minimum absolute atomic E-state index is 0.131. The van der Waals surface area contributed by atoms with Crippen molar-refractivity contribution in [3.63, 3.8) is 0 Å². The summed E-state index contributed by atoms with van der Waals surface area (Å²) in [5, 5.41) is 13.1. The number of H-pyrrole nitrogens is 2. The number of nitrogens with two attached hydrogens (primary N) is 4. The van der Waals surface area contributed by atoms with Crippen LogP contribution in [0, 0.1) is 41.5 Å². The second kappa shape index (κ2) is 38.1. The lowest BCUT2D eigenvalue weighted by Crippen LogP contribution is -2.34. The van der Waals surface area contributed by atoms with Crippen molar-refractivity contribution in [2.24, 2.45) is 22.9 Å². The molecule has 0 aliphatic carbocycles. The third-order valence-corrected chi connectivity index (χ3v) is 18.8. The minimum atomic E-state index is -0.180. The zero-order chi connectivity index (χ0) is 70.9. The monoisotopic (exact) mass is 1350 g/mol. The summed E-state index contributed by atoms with van der Waals surface area (Å²) in [4.78, 5) is 77.3. The lowest BCUT2D eigenvalue weighted by molar-refractivity contribution is -0.132.